The number of nitrogens with one attached hydrogen (secondary N) is 2. The van der Waals surface area contributed by atoms with Gasteiger partial charge in [0.1, 0.15) is 5.82 Å². The van der Waals surface area contributed by atoms with Gasteiger partial charge < -0.3 is 5.32 Å². The number of H-pyrrole nitrogens is 1. The zero-order chi connectivity index (χ0) is 12.5. The molecule has 0 atom stereocenters. The average molecular weight is 238 g/mol. The fourth-order valence-electron chi connectivity index (χ4n) is 2.07. The first kappa shape index (κ1) is 10.8. The molecule has 4 heteroatoms. The van der Waals surface area contributed by atoms with Gasteiger partial charge in [0.25, 0.3) is 0 Å². The summed E-state index contributed by atoms with van der Waals surface area (Å²) in [5.74, 6) is 0.837. The van der Waals surface area contributed by atoms with Gasteiger partial charge in [-0.25, -0.2) is 4.98 Å². The van der Waals surface area contributed by atoms with Crippen LogP contribution in [-0.2, 0) is 0 Å². The number of fused-ring (bicyclic) bond motifs is 1. The van der Waals surface area contributed by atoms with Gasteiger partial charge in [-0.1, -0.05) is 12.1 Å². The molecule has 4 nitrogen and oxygen atoms in total. The molecule has 0 amide bonds. The molecule has 0 aliphatic heterocycles. The van der Waals surface area contributed by atoms with E-state index in [1.54, 1.807) is 6.20 Å². The maximum atomic E-state index is 4.39. The minimum atomic E-state index is 0.837. The SMILES string of the molecule is Cc1cccc(Nc2nccc3n[nH]c(C)c23)c1. The molecule has 0 aliphatic carbocycles. The summed E-state index contributed by atoms with van der Waals surface area (Å²) in [6.07, 6.45) is 1.76. The number of aromatic nitrogens is 3. The largest absolute Gasteiger partial charge is 0.340 e. The monoisotopic (exact) mass is 238 g/mol. The number of benzene rings is 1. The van der Waals surface area contributed by atoms with E-state index in [9.17, 15) is 0 Å². The molecule has 3 aromatic rings. The number of hydrogen-bond donors (Lipinski definition) is 2. The predicted octanol–water partition coefficient (Wildman–Crippen LogP) is 3.32. The predicted molar refractivity (Wildman–Crippen MR) is 73.1 cm³/mol. The second kappa shape index (κ2) is 4.14. The molecule has 90 valence electrons. The van der Waals surface area contributed by atoms with Crippen LogP contribution in [-0.4, -0.2) is 15.2 Å². The van der Waals surface area contributed by atoms with Crippen LogP contribution in [0.15, 0.2) is 36.5 Å². The Morgan fingerprint density at radius 2 is 2.06 bits per heavy atom. The van der Waals surface area contributed by atoms with Crippen molar-refractivity contribution in [3.63, 3.8) is 0 Å². The number of pyridine rings is 1. The highest BCUT2D eigenvalue weighted by atomic mass is 15.1. The van der Waals surface area contributed by atoms with Gasteiger partial charge in [0.15, 0.2) is 0 Å². The van der Waals surface area contributed by atoms with Crippen LogP contribution in [0.5, 0.6) is 0 Å². The lowest BCUT2D eigenvalue weighted by molar-refractivity contribution is 1.07. The number of anilines is 2. The van der Waals surface area contributed by atoms with Crippen LogP contribution in [0.2, 0.25) is 0 Å². The van der Waals surface area contributed by atoms with Crippen molar-refractivity contribution >= 4 is 22.4 Å². The number of rotatable bonds is 2. The molecule has 0 unspecified atom stereocenters. The van der Waals surface area contributed by atoms with E-state index in [1.807, 2.05) is 25.1 Å². The van der Waals surface area contributed by atoms with E-state index >= 15 is 0 Å². The Bertz CT molecular complexity index is 700. The van der Waals surface area contributed by atoms with E-state index in [0.29, 0.717) is 0 Å². The minimum absolute atomic E-state index is 0.837. The van der Waals surface area contributed by atoms with Gasteiger partial charge in [-0.05, 0) is 37.6 Å². The molecule has 0 radical (unpaired) electrons. The Hall–Kier alpha value is -2.36. The lowest BCUT2D eigenvalue weighted by atomic mass is 10.2. The summed E-state index contributed by atoms with van der Waals surface area (Å²) in [5.41, 5.74) is 4.21. The summed E-state index contributed by atoms with van der Waals surface area (Å²) in [6, 6.07) is 10.1. The summed E-state index contributed by atoms with van der Waals surface area (Å²) in [7, 11) is 0. The fraction of sp³-hybridized carbons (Fsp3) is 0.143. The molecule has 2 N–H and O–H groups in total. The molecule has 18 heavy (non-hydrogen) atoms. The normalized spacial score (nSPS) is 10.8. The van der Waals surface area contributed by atoms with Crippen LogP contribution in [0.4, 0.5) is 11.5 Å². The summed E-state index contributed by atoms with van der Waals surface area (Å²) in [5, 5.41) is 11.6. The standard InChI is InChI=1S/C14H14N4/c1-9-4-3-5-11(8-9)16-14-13-10(2)17-18-12(13)6-7-15-14/h3-8H,1-2H3,(H,15,16)(H,17,18). The van der Waals surface area contributed by atoms with Crippen LogP contribution < -0.4 is 5.32 Å². The third-order valence-electron chi connectivity index (χ3n) is 2.93. The maximum absolute atomic E-state index is 4.39. The zero-order valence-electron chi connectivity index (χ0n) is 10.4. The molecular weight excluding hydrogens is 224 g/mol. The van der Waals surface area contributed by atoms with Gasteiger partial charge in [0, 0.05) is 17.6 Å². The van der Waals surface area contributed by atoms with Crippen LogP contribution in [0.25, 0.3) is 10.9 Å². The number of hydrogen-bond acceptors (Lipinski definition) is 3. The fourth-order valence-corrected chi connectivity index (χ4v) is 2.07. The molecule has 0 bridgehead atoms. The van der Waals surface area contributed by atoms with Crippen LogP contribution in [0, 0.1) is 13.8 Å². The topological polar surface area (TPSA) is 53.6 Å². The molecule has 0 saturated heterocycles. The molecule has 0 aliphatic rings. The van der Waals surface area contributed by atoms with E-state index in [2.05, 4.69) is 39.6 Å². The lowest BCUT2D eigenvalue weighted by Gasteiger charge is -2.07. The Labute approximate surface area is 105 Å². The van der Waals surface area contributed by atoms with Gasteiger partial charge in [-0.2, -0.15) is 5.10 Å². The second-order valence-electron chi connectivity index (χ2n) is 4.40. The molecule has 1 aromatic carbocycles. The van der Waals surface area contributed by atoms with Crippen LogP contribution >= 0.6 is 0 Å². The summed E-state index contributed by atoms with van der Waals surface area (Å²) < 4.78 is 0. The first-order valence-electron chi connectivity index (χ1n) is 5.87. The lowest BCUT2D eigenvalue weighted by Crippen LogP contribution is -1.94. The van der Waals surface area contributed by atoms with Crippen molar-refractivity contribution in [2.45, 2.75) is 13.8 Å². The van der Waals surface area contributed by atoms with Crippen LogP contribution in [0.3, 0.4) is 0 Å². The first-order chi connectivity index (χ1) is 8.74. The third kappa shape index (κ3) is 1.82. The van der Waals surface area contributed by atoms with E-state index in [4.69, 9.17) is 0 Å². The first-order valence-corrected chi connectivity index (χ1v) is 5.87. The molecule has 0 spiro atoms. The van der Waals surface area contributed by atoms with E-state index in [-0.39, 0.29) is 0 Å². The zero-order valence-corrected chi connectivity index (χ0v) is 10.4. The van der Waals surface area contributed by atoms with Crippen molar-refractivity contribution in [2.75, 3.05) is 5.32 Å². The average Bonchev–Trinajstić information content (AvgIpc) is 2.72. The maximum Gasteiger partial charge on any atom is 0.141 e. The van der Waals surface area contributed by atoms with Gasteiger partial charge in [0.05, 0.1) is 10.9 Å². The van der Waals surface area contributed by atoms with Gasteiger partial charge >= 0.3 is 0 Å². The van der Waals surface area contributed by atoms with E-state index in [0.717, 1.165) is 28.1 Å². The quantitative estimate of drug-likeness (QED) is 0.720. The summed E-state index contributed by atoms with van der Waals surface area (Å²) >= 11 is 0. The molecule has 3 rings (SSSR count). The summed E-state index contributed by atoms with van der Waals surface area (Å²) in [6.45, 7) is 4.07. The van der Waals surface area contributed by atoms with Gasteiger partial charge in [0.2, 0.25) is 0 Å². The highest BCUT2D eigenvalue weighted by Crippen LogP contribution is 2.25. The van der Waals surface area contributed by atoms with Crippen molar-refractivity contribution in [1.29, 1.82) is 0 Å². The van der Waals surface area contributed by atoms with Gasteiger partial charge in [-0.15, -0.1) is 0 Å². The van der Waals surface area contributed by atoms with E-state index in [1.165, 1.54) is 5.56 Å². The van der Waals surface area contributed by atoms with Crippen molar-refractivity contribution in [3.8, 4) is 0 Å². The van der Waals surface area contributed by atoms with E-state index < -0.39 is 0 Å². The minimum Gasteiger partial charge on any atom is -0.340 e. The molecule has 2 aromatic heterocycles. The van der Waals surface area contributed by atoms with Crippen LogP contribution in [0.1, 0.15) is 11.3 Å². The highest BCUT2D eigenvalue weighted by Gasteiger charge is 2.08. The van der Waals surface area contributed by atoms with Crippen molar-refractivity contribution < 1.29 is 0 Å². The molecular formula is C14H14N4. The second-order valence-corrected chi connectivity index (χ2v) is 4.40. The molecule has 2 heterocycles. The molecule has 0 saturated carbocycles. The van der Waals surface area contributed by atoms with Gasteiger partial charge in [-0.3, -0.25) is 5.10 Å². The van der Waals surface area contributed by atoms with Crippen molar-refractivity contribution in [2.24, 2.45) is 0 Å². The Morgan fingerprint density at radius 3 is 2.89 bits per heavy atom. The smallest absolute Gasteiger partial charge is 0.141 e. The number of aromatic amines is 1. The number of nitrogens with zero attached hydrogens (tertiary/aromatic N) is 2. The molecule has 0 fully saturated rings. The highest BCUT2D eigenvalue weighted by molar-refractivity contribution is 5.92. The number of aryl methyl sites for hydroxylation is 2. The summed E-state index contributed by atoms with van der Waals surface area (Å²) in [4.78, 5) is 4.39. The third-order valence-corrected chi connectivity index (χ3v) is 2.93. The Morgan fingerprint density at radius 1 is 1.17 bits per heavy atom. The van der Waals surface area contributed by atoms with Crippen molar-refractivity contribution in [1.82, 2.24) is 15.2 Å². The Kier molecular flexibility index (Phi) is 2.48. The van der Waals surface area contributed by atoms with Crippen molar-refractivity contribution in [3.05, 3.63) is 47.8 Å². The Balaban J connectivity index is 2.07.